The summed E-state index contributed by atoms with van der Waals surface area (Å²) in [6.45, 7) is 0.855. The third-order valence-corrected chi connectivity index (χ3v) is 5.39. The lowest BCUT2D eigenvalue weighted by molar-refractivity contribution is 0.290. The van der Waals surface area contributed by atoms with Gasteiger partial charge < -0.3 is 9.67 Å². The molecule has 0 fully saturated rings. The van der Waals surface area contributed by atoms with Crippen molar-refractivity contribution in [2.45, 2.75) is 32.2 Å². The lowest BCUT2D eigenvalue weighted by Gasteiger charge is -2.12. The van der Waals surface area contributed by atoms with Crippen molar-refractivity contribution >= 4 is 0 Å². The van der Waals surface area contributed by atoms with Gasteiger partial charge in [0.05, 0.1) is 11.4 Å². The molecule has 0 aliphatic carbocycles. The average molecular weight is 440 g/mol. The summed E-state index contributed by atoms with van der Waals surface area (Å²) in [6.07, 6.45) is 6.62. The van der Waals surface area contributed by atoms with Crippen LogP contribution in [0.25, 0.3) is 22.5 Å². The molecule has 0 unspecified atom stereocenters. The molecular formula is C28H26FN3O. The Labute approximate surface area is 193 Å². The molecule has 0 spiro atoms. The molecule has 0 amide bonds. The maximum atomic E-state index is 13.6. The Morgan fingerprint density at radius 2 is 1.64 bits per heavy atom. The quantitative estimate of drug-likeness (QED) is 0.291. The first-order valence-electron chi connectivity index (χ1n) is 11.2. The lowest BCUT2D eigenvalue weighted by Crippen LogP contribution is -2.05. The number of pyridine rings is 1. The molecule has 0 saturated carbocycles. The van der Waals surface area contributed by atoms with Gasteiger partial charge in [0.2, 0.25) is 0 Å². The molecule has 0 aliphatic heterocycles. The van der Waals surface area contributed by atoms with Gasteiger partial charge in [-0.15, -0.1) is 0 Å². The van der Waals surface area contributed by atoms with Crippen molar-refractivity contribution in [3.05, 3.63) is 96.3 Å². The van der Waals surface area contributed by atoms with E-state index < -0.39 is 0 Å². The Kier molecular flexibility index (Phi) is 7.63. The minimum atomic E-state index is -0.282. The van der Waals surface area contributed by atoms with Crippen molar-refractivity contribution in [3.8, 4) is 34.4 Å². The summed E-state index contributed by atoms with van der Waals surface area (Å²) in [5.41, 5.74) is 4.83. The van der Waals surface area contributed by atoms with Crippen LogP contribution in [0.15, 0.2) is 79.1 Å². The van der Waals surface area contributed by atoms with E-state index in [0.29, 0.717) is 18.7 Å². The largest absolute Gasteiger partial charge is 0.396 e. The van der Waals surface area contributed by atoms with Crippen LogP contribution in [-0.4, -0.2) is 26.2 Å². The van der Waals surface area contributed by atoms with Gasteiger partial charge in [0.25, 0.3) is 0 Å². The summed E-state index contributed by atoms with van der Waals surface area (Å²) in [6, 6.07) is 20.7. The van der Waals surface area contributed by atoms with Crippen LogP contribution in [0.3, 0.4) is 0 Å². The van der Waals surface area contributed by atoms with Crippen LogP contribution in [0, 0.1) is 17.7 Å². The zero-order chi connectivity index (χ0) is 22.9. The summed E-state index contributed by atoms with van der Waals surface area (Å²) in [5, 5.41) is 9.09. The van der Waals surface area contributed by atoms with Gasteiger partial charge in [-0.2, -0.15) is 0 Å². The molecule has 0 aliphatic rings. The van der Waals surface area contributed by atoms with Crippen molar-refractivity contribution in [2.24, 2.45) is 0 Å². The molecule has 0 radical (unpaired) electrons. The number of aromatic nitrogens is 3. The maximum Gasteiger partial charge on any atom is 0.186 e. The Morgan fingerprint density at radius 3 is 2.36 bits per heavy atom. The minimum Gasteiger partial charge on any atom is -0.396 e. The third kappa shape index (κ3) is 5.74. The second-order valence-corrected chi connectivity index (χ2v) is 7.75. The number of nitrogens with zero attached hydrogens (tertiary/aromatic N) is 3. The normalized spacial score (nSPS) is 10.6. The molecule has 2 aromatic heterocycles. The zero-order valence-corrected chi connectivity index (χ0v) is 18.4. The second kappa shape index (κ2) is 11.2. The van der Waals surface area contributed by atoms with E-state index in [1.165, 1.54) is 17.7 Å². The van der Waals surface area contributed by atoms with Gasteiger partial charge >= 0.3 is 0 Å². The number of hydrogen-bond donors (Lipinski definition) is 1. The molecule has 2 heterocycles. The maximum absolute atomic E-state index is 13.6. The van der Waals surface area contributed by atoms with Gasteiger partial charge in [-0.3, -0.25) is 4.98 Å². The number of aliphatic hydroxyl groups is 1. The molecule has 166 valence electrons. The summed E-state index contributed by atoms with van der Waals surface area (Å²) in [7, 11) is 0. The third-order valence-electron chi connectivity index (χ3n) is 5.39. The number of benzene rings is 2. The standard InChI is InChI=1S/C28H26FN3O/c29-25-14-12-23(13-15-25)27-28(24-16-18-30-19-17-24)32(26(31-27)11-5-2-6-21-33)20-7-10-22-8-3-1-4-9-22/h1,3-4,8-9,12-19,33H,2,6-7,10,20-21H2. The predicted molar refractivity (Wildman–Crippen MR) is 129 cm³/mol. The highest BCUT2D eigenvalue weighted by molar-refractivity contribution is 5.79. The fourth-order valence-electron chi connectivity index (χ4n) is 3.77. The summed E-state index contributed by atoms with van der Waals surface area (Å²) < 4.78 is 15.8. The summed E-state index contributed by atoms with van der Waals surface area (Å²) in [4.78, 5) is 9.06. The summed E-state index contributed by atoms with van der Waals surface area (Å²) >= 11 is 0. The van der Waals surface area contributed by atoms with Crippen molar-refractivity contribution in [1.82, 2.24) is 14.5 Å². The van der Waals surface area contributed by atoms with E-state index in [2.05, 4.69) is 45.7 Å². The van der Waals surface area contributed by atoms with Gasteiger partial charge in [0.1, 0.15) is 5.82 Å². The van der Waals surface area contributed by atoms with Gasteiger partial charge in [-0.1, -0.05) is 36.3 Å². The molecule has 2 aromatic carbocycles. The van der Waals surface area contributed by atoms with Gasteiger partial charge in [0, 0.05) is 43.1 Å². The Bertz CT molecular complexity index is 1220. The molecular weight excluding hydrogens is 413 g/mol. The van der Waals surface area contributed by atoms with Gasteiger partial charge in [0.15, 0.2) is 5.82 Å². The molecule has 0 bridgehead atoms. The Hall–Kier alpha value is -3.75. The SMILES string of the molecule is OCCCC#Cc1nc(-c2ccc(F)cc2)c(-c2ccncc2)n1CCCc1ccccc1. The number of rotatable bonds is 8. The number of imidazole rings is 1. The molecule has 0 saturated heterocycles. The number of halogens is 1. The van der Waals surface area contributed by atoms with Crippen molar-refractivity contribution < 1.29 is 9.50 Å². The lowest BCUT2D eigenvalue weighted by atomic mass is 10.1. The van der Waals surface area contributed by atoms with E-state index in [4.69, 9.17) is 10.1 Å². The molecule has 33 heavy (non-hydrogen) atoms. The Morgan fingerprint density at radius 1 is 0.879 bits per heavy atom. The molecule has 4 rings (SSSR count). The van der Waals surface area contributed by atoms with Crippen LogP contribution >= 0.6 is 0 Å². The van der Waals surface area contributed by atoms with Crippen LogP contribution in [0.1, 0.15) is 30.7 Å². The first-order valence-corrected chi connectivity index (χ1v) is 11.2. The van der Waals surface area contributed by atoms with E-state index in [1.54, 1.807) is 24.5 Å². The second-order valence-electron chi connectivity index (χ2n) is 7.75. The van der Waals surface area contributed by atoms with E-state index in [1.807, 2.05) is 18.2 Å². The molecule has 1 N–H and O–H groups in total. The van der Waals surface area contributed by atoms with Crippen molar-refractivity contribution in [2.75, 3.05) is 6.61 Å². The smallest absolute Gasteiger partial charge is 0.186 e. The monoisotopic (exact) mass is 439 g/mol. The van der Waals surface area contributed by atoms with Crippen LogP contribution in [0.4, 0.5) is 4.39 Å². The van der Waals surface area contributed by atoms with Crippen LogP contribution in [-0.2, 0) is 13.0 Å². The zero-order valence-electron chi connectivity index (χ0n) is 18.4. The number of aliphatic hydroxyl groups excluding tert-OH is 1. The minimum absolute atomic E-state index is 0.114. The van der Waals surface area contributed by atoms with Crippen LogP contribution in [0.5, 0.6) is 0 Å². The van der Waals surface area contributed by atoms with Crippen LogP contribution in [0.2, 0.25) is 0 Å². The first kappa shape index (κ1) is 22.4. The Balaban J connectivity index is 1.77. The van der Waals surface area contributed by atoms with E-state index in [9.17, 15) is 4.39 Å². The average Bonchev–Trinajstić information content (AvgIpc) is 3.22. The molecule has 4 aromatic rings. The number of unbranched alkanes of at least 4 members (excludes halogenated alkanes) is 1. The highest BCUT2D eigenvalue weighted by Crippen LogP contribution is 2.33. The van der Waals surface area contributed by atoms with Crippen LogP contribution < -0.4 is 0 Å². The fraction of sp³-hybridized carbons (Fsp3) is 0.214. The predicted octanol–water partition coefficient (Wildman–Crippen LogP) is 5.51. The van der Waals surface area contributed by atoms with E-state index >= 15 is 0 Å². The highest BCUT2D eigenvalue weighted by Gasteiger charge is 2.19. The first-order chi connectivity index (χ1) is 16.3. The summed E-state index contributed by atoms with van der Waals surface area (Å²) in [5.74, 6) is 6.74. The molecule has 0 atom stereocenters. The van der Waals surface area contributed by atoms with Crippen molar-refractivity contribution in [3.63, 3.8) is 0 Å². The van der Waals surface area contributed by atoms with E-state index in [0.717, 1.165) is 41.9 Å². The van der Waals surface area contributed by atoms with Gasteiger partial charge in [-0.05, 0) is 67.1 Å². The highest BCUT2D eigenvalue weighted by atomic mass is 19.1. The fourth-order valence-corrected chi connectivity index (χ4v) is 3.77. The topological polar surface area (TPSA) is 50.9 Å². The molecule has 4 nitrogen and oxygen atoms in total. The number of aryl methyl sites for hydroxylation is 1. The molecule has 5 heteroatoms. The van der Waals surface area contributed by atoms with E-state index in [-0.39, 0.29) is 12.4 Å². The van der Waals surface area contributed by atoms with Gasteiger partial charge in [-0.25, -0.2) is 9.37 Å². The number of hydrogen-bond acceptors (Lipinski definition) is 3. The van der Waals surface area contributed by atoms with Crippen molar-refractivity contribution in [1.29, 1.82) is 0 Å².